The number of aromatic nitrogens is 2. The molecule has 1 spiro atoms. The molecular formula is C18H26N4O2. The van der Waals surface area contributed by atoms with E-state index in [-0.39, 0.29) is 23.1 Å². The molecule has 2 saturated heterocycles. The van der Waals surface area contributed by atoms with Gasteiger partial charge in [0.1, 0.15) is 5.82 Å². The molecule has 0 aromatic carbocycles. The van der Waals surface area contributed by atoms with Gasteiger partial charge in [-0.3, -0.25) is 9.59 Å². The van der Waals surface area contributed by atoms with Crippen LogP contribution in [0.1, 0.15) is 60.9 Å². The molecule has 6 heteroatoms. The minimum absolute atomic E-state index is 0.0549. The Morgan fingerprint density at radius 2 is 2.04 bits per heavy atom. The summed E-state index contributed by atoms with van der Waals surface area (Å²) in [7, 11) is 1.86. The zero-order chi connectivity index (χ0) is 17.5. The van der Waals surface area contributed by atoms with Gasteiger partial charge in [-0.15, -0.1) is 0 Å². The quantitative estimate of drug-likeness (QED) is 0.832. The molecule has 3 heterocycles. The number of amides is 2. The second-order valence-corrected chi connectivity index (χ2v) is 7.47. The number of carbonyl (C=O) groups excluding carboxylic acids is 2. The van der Waals surface area contributed by atoms with Crippen molar-refractivity contribution in [3.8, 4) is 0 Å². The van der Waals surface area contributed by atoms with Crippen LogP contribution >= 0.6 is 0 Å². The van der Waals surface area contributed by atoms with Crippen LogP contribution in [0.3, 0.4) is 0 Å². The van der Waals surface area contributed by atoms with E-state index in [0.29, 0.717) is 24.3 Å². The highest BCUT2D eigenvalue weighted by Gasteiger charge is 2.48. The number of nitrogens with zero attached hydrogens (tertiary/aromatic N) is 4. The van der Waals surface area contributed by atoms with Gasteiger partial charge in [0.15, 0.2) is 0 Å². The smallest absolute Gasteiger partial charge is 0.257 e. The molecule has 0 unspecified atom stereocenters. The molecule has 2 aliphatic heterocycles. The molecule has 1 atom stereocenters. The second-order valence-electron chi connectivity index (χ2n) is 7.47. The van der Waals surface area contributed by atoms with E-state index in [1.807, 2.05) is 32.7 Å². The molecule has 24 heavy (non-hydrogen) atoms. The van der Waals surface area contributed by atoms with E-state index in [4.69, 9.17) is 0 Å². The van der Waals surface area contributed by atoms with Crippen LogP contribution in [0.4, 0.5) is 0 Å². The first-order valence-electron chi connectivity index (χ1n) is 8.72. The fourth-order valence-corrected chi connectivity index (χ4v) is 3.84. The topological polar surface area (TPSA) is 66.4 Å². The third kappa shape index (κ3) is 2.78. The van der Waals surface area contributed by atoms with E-state index in [1.165, 1.54) is 0 Å². The predicted octanol–water partition coefficient (Wildman–Crippen LogP) is 1.99. The van der Waals surface area contributed by atoms with Gasteiger partial charge < -0.3 is 9.80 Å². The number of hydrogen-bond acceptors (Lipinski definition) is 4. The van der Waals surface area contributed by atoms with Gasteiger partial charge in [-0.25, -0.2) is 9.97 Å². The Labute approximate surface area is 143 Å². The van der Waals surface area contributed by atoms with Crippen LogP contribution in [-0.4, -0.2) is 58.3 Å². The number of carbonyl (C=O) groups is 2. The van der Waals surface area contributed by atoms with E-state index in [2.05, 4.69) is 9.97 Å². The lowest BCUT2D eigenvalue weighted by Crippen LogP contribution is -2.48. The number of likely N-dealkylation sites (tertiary alicyclic amines) is 2. The Morgan fingerprint density at radius 3 is 2.71 bits per heavy atom. The van der Waals surface area contributed by atoms with E-state index < -0.39 is 0 Å². The molecule has 1 aromatic heterocycles. The Kier molecular flexibility index (Phi) is 4.32. The summed E-state index contributed by atoms with van der Waals surface area (Å²) in [5.41, 5.74) is 0.884. The SMILES string of the molecule is Cc1nc(C(C)C)ncc1C(=O)N1CC[C@@]2(CCCN(C)C2=O)C1. The van der Waals surface area contributed by atoms with Crippen molar-refractivity contribution in [3.05, 3.63) is 23.3 Å². The van der Waals surface area contributed by atoms with Crippen LogP contribution in [0.25, 0.3) is 0 Å². The molecule has 6 nitrogen and oxygen atoms in total. The highest BCUT2D eigenvalue weighted by Crippen LogP contribution is 2.40. The van der Waals surface area contributed by atoms with Crippen LogP contribution in [0, 0.1) is 12.3 Å². The van der Waals surface area contributed by atoms with Crippen molar-refractivity contribution in [3.63, 3.8) is 0 Å². The third-order valence-electron chi connectivity index (χ3n) is 5.34. The average molecular weight is 330 g/mol. The summed E-state index contributed by atoms with van der Waals surface area (Å²) in [6, 6.07) is 0. The van der Waals surface area contributed by atoms with Crippen molar-refractivity contribution in [1.82, 2.24) is 19.8 Å². The van der Waals surface area contributed by atoms with E-state index in [0.717, 1.165) is 31.6 Å². The molecule has 130 valence electrons. The first-order valence-corrected chi connectivity index (χ1v) is 8.72. The van der Waals surface area contributed by atoms with Crippen molar-refractivity contribution in [2.75, 3.05) is 26.7 Å². The molecule has 3 rings (SSSR count). The number of rotatable bonds is 2. The van der Waals surface area contributed by atoms with Gasteiger partial charge >= 0.3 is 0 Å². The van der Waals surface area contributed by atoms with Gasteiger partial charge in [0.25, 0.3) is 5.91 Å². The summed E-state index contributed by atoms with van der Waals surface area (Å²) in [5, 5.41) is 0. The summed E-state index contributed by atoms with van der Waals surface area (Å²) in [4.78, 5) is 37.9. The van der Waals surface area contributed by atoms with E-state index in [9.17, 15) is 9.59 Å². The maximum absolute atomic E-state index is 12.9. The van der Waals surface area contributed by atoms with Gasteiger partial charge in [0, 0.05) is 38.8 Å². The van der Waals surface area contributed by atoms with Gasteiger partial charge in [-0.05, 0) is 26.2 Å². The monoisotopic (exact) mass is 330 g/mol. The molecule has 2 fully saturated rings. The zero-order valence-electron chi connectivity index (χ0n) is 15.0. The molecule has 0 N–H and O–H groups in total. The standard InChI is InChI=1S/C18H26N4O2/c1-12(2)15-19-10-14(13(3)20-15)16(23)22-9-7-18(11-22)6-5-8-21(4)17(18)24/h10,12H,5-9,11H2,1-4H3/t18-/m0/s1. The Bertz CT molecular complexity index is 673. The molecule has 0 bridgehead atoms. The maximum Gasteiger partial charge on any atom is 0.257 e. The molecular weight excluding hydrogens is 304 g/mol. The molecule has 2 aliphatic rings. The highest BCUT2D eigenvalue weighted by molar-refractivity contribution is 5.96. The normalized spacial score (nSPS) is 24.3. The number of piperidine rings is 1. The van der Waals surface area contributed by atoms with Crippen LogP contribution in [0.5, 0.6) is 0 Å². The van der Waals surface area contributed by atoms with Crippen LogP contribution < -0.4 is 0 Å². The number of hydrogen-bond donors (Lipinski definition) is 0. The fraction of sp³-hybridized carbons (Fsp3) is 0.667. The molecule has 0 saturated carbocycles. The molecule has 0 aliphatic carbocycles. The van der Waals surface area contributed by atoms with Crippen molar-refractivity contribution in [2.24, 2.45) is 5.41 Å². The first-order chi connectivity index (χ1) is 11.3. The van der Waals surface area contributed by atoms with E-state index in [1.54, 1.807) is 11.1 Å². The van der Waals surface area contributed by atoms with Gasteiger partial charge in [0.05, 0.1) is 16.7 Å². The van der Waals surface area contributed by atoms with E-state index >= 15 is 0 Å². The Morgan fingerprint density at radius 1 is 1.29 bits per heavy atom. The summed E-state index contributed by atoms with van der Waals surface area (Å²) in [6.07, 6.45) is 4.28. The van der Waals surface area contributed by atoms with Crippen molar-refractivity contribution in [2.45, 2.75) is 46.0 Å². The summed E-state index contributed by atoms with van der Waals surface area (Å²) in [6.45, 7) is 7.88. The summed E-state index contributed by atoms with van der Waals surface area (Å²) >= 11 is 0. The minimum atomic E-state index is -0.380. The average Bonchev–Trinajstić information content (AvgIpc) is 2.97. The summed E-state index contributed by atoms with van der Waals surface area (Å²) in [5.74, 6) is 1.12. The van der Waals surface area contributed by atoms with Crippen LogP contribution in [-0.2, 0) is 4.79 Å². The van der Waals surface area contributed by atoms with Gasteiger partial charge in [-0.1, -0.05) is 13.8 Å². The largest absolute Gasteiger partial charge is 0.345 e. The third-order valence-corrected chi connectivity index (χ3v) is 5.34. The fourth-order valence-electron chi connectivity index (χ4n) is 3.84. The van der Waals surface area contributed by atoms with Gasteiger partial charge in [0.2, 0.25) is 5.91 Å². The number of aryl methyl sites for hydroxylation is 1. The Balaban J connectivity index is 1.79. The predicted molar refractivity (Wildman–Crippen MR) is 90.7 cm³/mol. The first kappa shape index (κ1) is 16.9. The van der Waals surface area contributed by atoms with Gasteiger partial charge in [-0.2, -0.15) is 0 Å². The van der Waals surface area contributed by atoms with Crippen molar-refractivity contribution < 1.29 is 9.59 Å². The molecule has 2 amide bonds. The maximum atomic E-state index is 12.9. The second kappa shape index (κ2) is 6.15. The highest BCUT2D eigenvalue weighted by atomic mass is 16.2. The van der Waals surface area contributed by atoms with Crippen LogP contribution in [0.15, 0.2) is 6.20 Å². The van der Waals surface area contributed by atoms with Crippen molar-refractivity contribution in [1.29, 1.82) is 0 Å². The molecule has 1 aromatic rings. The lowest BCUT2D eigenvalue weighted by atomic mass is 9.78. The van der Waals surface area contributed by atoms with Crippen molar-refractivity contribution >= 4 is 11.8 Å². The lowest BCUT2D eigenvalue weighted by Gasteiger charge is -2.37. The van der Waals surface area contributed by atoms with Crippen LogP contribution in [0.2, 0.25) is 0 Å². The minimum Gasteiger partial charge on any atom is -0.345 e. The molecule has 0 radical (unpaired) electrons. The Hall–Kier alpha value is -1.98. The lowest BCUT2D eigenvalue weighted by molar-refractivity contribution is -0.143. The summed E-state index contributed by atoms with van der Waals surface area (Å²) < 4.78 is 0. The zero-order valence-corrected chi connectivity index (χ0v) is 15.0.